The van der Waals surface area contributed by atoms with Gasteiger partial charge in [-0.2, -0.15) is 0 Å². The number of carboxylic acids is 1. The van der Waals surface area contributed by atoms with E-state index in [-0.39, 0.29) is 17.7 Å². The minimum atomic E-state index is -0.911. The van der Waals surface area contributed by atoms with Crippen molar-refractivity contribution in [2.45, 2.75) is 25.3 Å². The third-order valence-corrected chi connectivity index (χ3v) is 5.29. The van der Waals surface area contributed by atoms with Crippen molar-refractivity contribution in [1.29, 1.82) is 0 Å². The second-order valence-electron chi connectivity index (χ2n) is 6.76. The Hall–Kier alpha value is -2.88. The standard InChI is InChI=1S/C21H19NO3/c1-12(23)15-9-10-19-18(11-15)16-3-2-4-17(16)20(22-19)13-5-7-14(8-6-13)21(24)25/h2-3,5-11,16-17,20,22H,4H2,1H3,(H,24,25)/t16?,17?,20-/m1/s1. The summed E-state index contributed by atoms with van der Waals surface area (Å²) in [6, 6.07) is 13.1. The molecule has 126 valence electrons. The van der Waals surface area contributed by atoms with Crippen molar-refractivity contribution in [1.82, 2.24) is 0 Å². The summed E-state index contributed by atoms with van der Waals surface area (Å²) in [6.45, 7) is 1.59. The average Bonchev–Trinajstić information content (AvgIpc) is 3.10. The number of rotatable bonds is 3. The van der Waals surface area contributed by atoms with Gasteiger partial charge in [-0.3, -0.25) is 4.79 Å². The van der Waals surface area contributed by atoms with E-state index in [1.165, 1.54) is 5.56 Å². The molecule has 0 radical (unpaired) electrons. The van der Waals surface area contributed by atoms with E-state index < -0.39 is 5.97 Å². The summed E-state index contributed by atoms with van der Waals surface area (Å²) in [4.78, 5) is 22.8. The molecule has 0 aromatic heterocycles. The molecule has 0 amide bonds. The maximum Gasteiger partial charge on any atom is 0.335 e. The number of aromatic carboxylic acids is 1. The van der Waals surface area contributed by atoms with Crippen molar-refractivity contribution in [2.75, 3.05) is 5.32 Å². The first-order valence-corrected chi connectivity index (χ1v) is 8.46. The van der Waals surface area contributed by atoms with E-state index in [4.69, 9.17) is 5.11 Å². The lowest BCUT2D eigenvalue weighted by Crippen LogP contribution is -2.29. The van der Waals surface area contributed by atoms with E-state index in [0.717, 1.165) is 23.2 Å². The smallest absolute Gasteiger partial charge is 0.335 e. The Labute approximate surface area is 146 Å². The Morgan fingerprint density at radius 2 is 1.80 bits per heavy atom. The molecule has 0 saturated carbocycles. The molecule has 2 aromatic carbocycles. The number of carbonyl (C=O) groups is 2. The SMILES string of the molecule is CC(=O)c1ccc2c(c1)C1C=CCC1[C@@H](c1ccc(C(=O)O)cc1)N2. The summed E-state index contributed by atoms with van der Waals surface area (Å²) in [5.74, 6) is -0.191. The fourth-order valence-corrected chi connectivity index (χ4v) is 3.98. The Balaban J connectivity index is 1.72. The van der Waals surface area contributed by atoms with Gasteiger partial charge in [-0.1, -0.05) is 24.3 Å². The van der Waals surface area contributed by atoms with E-state index in [0.29, 0.717) is 11.5 Å². The van der Waals surface area contributed by atoms with Crippen molar-refractivity contribution in [2.24, 2.45) is 5.92 Å². The van der Waals surface area contributed by atoms with Crippen LogP contribution in [0.15, 0.2) is 54.6 Å². The van der Waals surface area contributed by atoms with E-state index in [2.05, 4.69) is 17.5 Å². The molecule has 2 aromatic rings. The first kappa shape index (κ1) is 15.6. The van der Waals surface area contributed by atoms with E-state index >= 15 is 0 Å². The second-order valence-corrected chi connectivity index (χ2v) is 6.76. The fraction of sp³-hybridized carbons (Fsp3) is 0.238. The monoisotopic (exact) mass is 333 g/mol. The summed E-state index contributed by atoms with van der Waals surface area (Å²) in [6.07, 6.45) is 5.39. The van der Waals surface area contributed by atoms with Gasteiger partial charge in [-0.15, -0.1) is 0 Å². The molecule has 4 nitrogen and oxygen atoms in total. The fourth-order valence-electron chi connectivity index (χ4n) is 3.98. The topological polar surface area (TPSA) is 66.4 Å². The molecule has 0 saturated heterocycles. The highest BCUT2D eigenvalue weighted by Crippen LogP contribution is 2.49. The van der Waals surface area contributed by atoms with Gasteiger partial charge in [0.15, 0.2) is 5.78 Å². The van der Waals surface area contributed by atoms with Crippen LogP contribution in [0, 0.1) is 5.92 Å². The summed E-state index contributed by atoms with van der Waals surface area (Å²) in [5, 5.41) is 12.7. The van der Waals surface area contributed by atoms with Gasteiger partial charge in [0.25, 0.3) is 0 Å². The molecule has 2 N–H and O–H groups in total. The van der Waals surface area contributed by atoms with Crippen LogP contribution in [0.3, 0.4) is 0 Å². The number of ketones is 1. The molecule has 25 heavy (non-hydrogen) atoms. The molecule has 1 heterocycles. The summed E-state index contributed by atoms with van der Waals surface area (Å²) in [7, 11) is 0. The number of Topliss-reactive ketones (excluding diaryl/α,β-unsaturated/α-hetero) is 1. The minimum Gasteiger partial charge on any atom is -0.478 e. The van der Waals surface area contributed by atoms with Gasteiger partial charge in [0.05, 0.1) is 11.6 Å². The van der Waals surface area contributed by atoms with Crippen LogP contribution in [0.5, 0.6) is 0 Å². The highest BCUT2D eigenvalue weighted by Gasteiger charge is 2.38. The normalized spacial score (nSPS) is 23.5. The first-order chi connectivity index (χ1) is 12.0. The molecular weight excluding hydrogens is 314 g/mol. The quantitative estimate of drug-likeness (QED) is 0.645. The van der Waals surface area contributed by atoms with E-state index in [1.54, 1.807) is 19.1 Å². The van der Waals surface area contributed by atoms with Crippen LogP contribution in [0.2, 0.25) is 0 Å². The van der Waals surface area contributed by atoms with Gasteiger partial charge in [0.2, 0.25) is 0 Å². The molecule has 3 atom stereocenters. The molecular formula is C21H19NO3. The van der Waals surface area contributed by atoms with Crippen molar-refractivity contribution in [3.8, 4) is 0 Å². The number of benzene rings is 2. The predicted octanol–water partition coefficient (Wildman–Crippen LogP) is 4.41. The molecule has 0 bridgehead atoms. The van der Waals surface area contributed by atoms with Gasteiger partial charge in [-0.25, -0.2) is 4.79 Å². The zero-order valence-electron chi connectivity index (χ0n) is 13.9. The number of nitrogens with one attached hydrogen (secondary N) is 1. The van der Waals surface area contributed by atoms with Crippen LogP contribution in [0.4, 0.5) is 5.69 Å². The Morgan fingerprint density at radius 1 is 1.08 bits per heavy atom. The maximum absolute atomic E-state index is 11.7. The number of hydrogen-bond acceptors (Lipinski definition) is 3. The summed E-state index contributed by atoms with van der Waals surface area (Å²) >= 11 is 0. The zero-order valence-corrected chi connectivity index (χ0v) is 13.9. The molecule has 1 aliphatic heterocycles. The first-order valence-electron chi connectivity index (χ1n) is 8.46. The van der Waals surface area contributed by atoms with Crippen molar-refractivity contribution in [3.05, 3.63) is 76.9 Å². The number of hydrogen-bond donors (Lipinski definition) is 2. The largest absolute Gasteiger partial charge is 0.478 e. The number of carbonyl (C=O) groups excluding carboxylic acids is 1. The van der Waals surface area contributed by atoms with Crippen LogP contribution in [0.1, 0.15) is 57.1 Å². The predicted molar refractivity (Wildman–Crippen MR) is 96.2 cm³/mol. The third kappa shape index (κ3) is 2.64. The number of carboxylic acid groups (broad SMARTS) is 1. The van der Waals surface area contributed by atoms with Crippen molar-refractivity contribution in [3.63, 3.8) is 0 Å². The van der Waals surface area contributed by atoms with Gasteiger partial charge in [0.1, 0.15) is 0 Å². The van der Waals surface area contributed by atoms with E-state index in [1.807, 2.05) is 30.3 Å². The molecule has 0 fully saturated rings. The zero-order chi connectivity index (χ0) is 17.6. The van der Waals surface area contributed by atoms with Gasteiger partial charge in [0, 0.05) is 17.2 Å². The van der Waals surface area contributed by atoms with Gasteiger partial charge < -0.3 is 10.4 Å². The Kier molecular flexibility index (Phi) is 3.68. The molecule has 4 rings (SSSR count). The van der Waals surface area contributed by atoms with Crippen LogP contribution in [-0.4, -0.2) is 16.9 Å². The molecule has 1 aliphatic carbocycles. The number of fused-ring (bicyclic) bond motifs is 3. The Bertz CT molecular complexity index is 883. The highest BCUT2D eigenvalue weighted by molar-refractivity contribution is 5.95. The Morgan fingerprint density at radius 3 is 2.48 bits per heavy atom. The molecule has 2 aliphatic rings. The lowest BCUT2D eigenvalue weighted by Gasteiger charge is -2.37. The van der Waals surface area contributed by atoms with E-state index in [9.17, 15) is 9.59 Å². The highest BCUT2D eigenvalue weighted by atomic mass is 16.4. The second kappa shape index (κ2) is 5.88. The molecule has 4 heteroatoms. The molecule has 0 spiro atoms. The maximum atomic E-state index is 11.7. The van der Waals surface area contributed by atoms with Crippen LogP contribution in [0.25, 0.3) is 0 Å². The van der Waals surface area contributed by atoms with Gasteiger partial charge in [-0.05, 0) is 60.7 Å². The van der Waals surface area contributed by atoms with Gasteiger partial charge >= 0.3 is 5.97 Å². The van der Waals surface area contributed by atoms with Crippen LogP contribution in [-0.2, 0) is 0 Å². The number of allylic oxidation sites excluding steroid dienone is 2. The molecule has 2 unspecified atom stereocenters. The van der Waals surface area contributed by atoms with Crippen LogP contribution >= 0.6 is 0 Å². The number of anilines is 1. The minimum absolute atomic E-state index is 0.0766. The average molecular weight is 333 g/mol. The lowest BCUT2D eigenvalue weighted by molar-refractivity contribution is 0.0696. The summed E-state index contributed by atoms with van der Waals surface area (Å²) in [5.41, 5.74) is 4.34. The van der Waals surface area contributed by atoms with Crippen LogP contribution < -0.4 is 5.32 Å². The summed E-state index contributed by atoms with van der Waals surface area (Å²) < 4.78 is 0. The van der Waals surface area contributed by atoms with Crippen molar-refractivity contribution >= 4 is 17.4 Å². The third-order valence-electron chi connectivity index (χ3n) is 5.29. The van der Waals surface area contributed by atoms with Crippen molar-refractivity contribution < 1.29 is 14.7 Å². The lowest BCUT2D eigenvalue weighted by atomic mass is 9.76.